The molecule has 1 heterocycles. The number of aromatic nitrogens is 3. The first-order chi connectivity index (χ1) is 12.5. The van der Waals surface area contributed by atoms with Gasteiger partial charge in [0.25, 0.3) is 0 Å². The molecule has 134 valence electrons. The van der Waals surface area contributed by atoms with Crippen LogP contribution in [0, 0.1) is 10.6 Å². The van der Waals surface area contributed by atoms with Crippen molar-refractivity contribution in [2.75, 3.05) is 18.3 Å². The minimum atomic E-state index is -0.407. The highest BCUT2D eigenvalue weighted by Crippen LogP contribution is 2.16. The Morgan fingerprint density at radius 1 is 1.23 bits per heavy atom. The lowest BCUT2D eigenvalue weighted by atomic mass is 10.1. The van der Waals surface area contributed by atoms with Crippen molar-refractivity contribution in [2.24, 2.45) is 0 Å². The molecule has 0 aliphatic rings. The van der Waals surface area contributed by atoms with E-state index in [0.29, 0.717) is 11.3 Å². The summed E-state index contributed by atoms with van der Waals surface area (Å²) in [5, 5.41) is 4.09. The summed E-state index contributed by atoms with van der Waals surface area (Å²) in [4.78, 5) is 12.3. The van der Waals surface area contributed by atoms with Crippen LogP contribution in [0.2, 0.25) is 0 Å². The van der Waals surface area contributed by atoms with Gasteiger partial charge in [-0.15, -0.1) is 5.10 Å². The summed E-state index contributed by atoms with van der Waals surface area (Å²) in [6.45, 7) is -0.105. The summed E-state index contributed by atoms with van der Waals surface area (Å²) in [6.07, 6.45) is 0. The van der Waals surface area contributed by atoms with Gasteiger partial charge < -0.3 is 10.5 Å². The zero-order valence-electron chi connectivity index (χ0n) is 13.8. The molecule has 0 bridgehead atoms. The molecule has 0 fully saturated rings. The van der Waals surface area contributed by atoms with Crippen LogP contribution < -0.4 is 15.9 Å². The fourth-order valence-electron chi connectivity index (χ4n) is 2.29. The topological polar surface area (TPSA) is 87.1 Å². The molecule has 1 aromatic heterocycles. The lowest BCUT2D eigenvalue weighted by Crippen LogP contribution is -2.14. The van der Waals surface area contributed by atoms with Gasteiger partial charge in [-0.25, -0.2) is 9.07 Å². The highest BCUT2D eigenvalue weighted by Gasteiger charge is 2.13. The molecule has 3 aromatic rings. The molecule has 3 rings (SSSR count). The van der Waals surface area contributed by atoms with Crippen LogP contribution in [-0.2, 0) is 6.54 Å². The molecule has 26 heavy (non-hydrogen) atoms. The van der Waals surface area contributed by atoms with E-state index in [1.807, 2.05) is 0 Å². The Morgan fingerprint density at radius 3 is 2.50 bits per heavy atom. The Bertz CT molecular complexity index is 980. The lowest BCUT2D eigenvalue weighted by Gasteiger charge is -2.08. The monoisotopic (exact) mass is 373 g/mol. The van der Waals surface area contributed by atoms with Crippen molar-refractivity contribution >= 4 is 29.6 Å². The predicted molar refractivity (Wildman–Crippen MR) is 98.2 cm³/mol. The van der Waals surface area contributed by atoms with E-state index in [1.54, 1.807) is 31.4 Å². The third kappa shape index (κ3) is 3.72. The number of methoxy groups -OCH3 is 1. The summed E-state index contributed by atoms with van der Waals surface area (Å²) in [6, 6.07) is 12.4. The Balaban J connectivity index is 1.79. The van der Waals surface area contributed by atoms with E-state index in [0.717, 1.165) is 5.69 Å². The van der Waals surface area contributed by atoms with Crippen LogP contribution in [0.5, 0.6) is 5.75 Å². The minimum Gasteiger partial charge on any atom is -0.497 e. The molecule has 0 amide bonds. The predicted octanol–water partition coefficient (Wildman–Crippen LogP) is 2.90. The third-order valence-corrected chi connectivity index (χ3v) is 4.05. The molecular weight excluding hydrogens is 357 g/mol. The van der Waals surface area contributed by atoms with Crippen molar-refractivity contribution in [2.45, 2.75) is 6.54 Å². The van der Waals surface area contributed by atoms with E-state index in [-0.39, 0.29) is 23.0 Å². The molecule has 9 heteroatoms. The average molecular weight is 373 g/mol. The van der Waals surface area contributed by atoms with Gasteiger partial charge in [0.05, 0.1) is 12.8 Å². The lowest BCUT2D eigenvalue weighted by molar-refractivity contribution is 0.0967. The summed E-state index contributed by atoms with van der Waals surface area (Å²) in [5.41, 5.74) is 10.0. The Hall–Kier alpha value is -3.20. The van der Waals surface area contributed by atoms with Crippen LogP contribution in [0.1, 0.15) is 10.4 Å². The molecule has 3 N–H and O–H groups in total. The number of hydrogen-bond donors (Lipinski definition) is 2. The number of benzene rings is 2. The largest absolute Gasteiger partial charge is 0.497 e. The zero-order valence-corrected chi connectivity index (χ0v) is 14.7. The molecule has 0 aliphatic heterocycles. The number of anilines is 2. The first kappa shape index (κ1) is 17.6. The van der Waals surface area contributed by atoms with Crippen molar-refractivity contribution in [3.63, 3.8) is 0 Å². The fourth-order valence-corrected chi connectivity index (χ4v) is 2.53. The quantitative estimate of drug-likeness (QED) is 0.510. The number of rotatable bonds is 6. The molecular formula is C17H16FN5O2S. The number of carbonyl (C=O) groups excluding carboxylic acids is 1. The van der Waals surface area contributed by atoms with Crippen molar-refractivity contribution in [3.05, 3.63) is 64.7 Å². The molecule has 0 unspecified atom stereocenters. The van der Waals surface area contributed by atoms with Crippen molar-refractivity contribution in [3.8, 4) is 5.75 Å². The van der Waals surface area contributed by atoms with Gasteiger partial charge >= 0.3 is 0 Å². The second-order valence-electron chi connectivity index (χ2n) is 5.40. The molecule has 0 saturated carbocycles. The van der Waals surface area contributed by atoms with Crippen LogP contribution >= 0.6 is 12.2 Å². The normalized spacial score (nSPS) is 10.5. The van der Waals surface area contributed by atoms with E-state index >= 15 is 0 Å². The molecule has 7 nitrogen and oxygen atoms in total. The van der Waals surface area contributed by atoms with E-state index in [4.69, 9.17) is 22.7 Å². The molecule has 2 aromatic carbocycles. The van der Waals surface area contributed by atoms with E-state index in [9.17, 15) is 9.18 Å². The maximum Gasteiger partial charge on any atom is 0.240 e. The van der Waals surface area contributed by atoms with Gasteiger partial charge in [0.2, 0.25) is 10.7 Å². The number of ketones is 1. The van der Waals surface area contributed by atoms with Crippen molar-refractivity contribution in [1.82, 2.24) is 14.5 Å². The van der Waals surface area contributed by atoms with Gasteiger partial charge in [-0.3, -0.25) is 10.2 Å². The molecule has 0 atom stereocenters. The van der Waals surface area contributed by atoms with E-state index in [1.165, 1.54) is 33.6 Å². The van der Waals surface area contributed by atoms with Gasteiger partial charge in [0.1, 0.15) is 18.1 Å². The van der Waals surface area contributed by atoms with E-state index in [2.05, 4.69) is 10.5 Å². The van der Waals surface area contributed by atoms with Gasteiger partial charge in [-0.05, 0) is 60.7 Å². The second kappa shape index (κ2) is 7.36. The number of nitrogens with two attached hydrogens (primary N) is 1. The van der Waals surface area contributed by atoms with Crippen molar-refractivity contribution in [1.29, 1.82) is 0 Å². The van der Waals surface area contributed by atoms with Gasteiger partial charge in [0.15, 0.2) is 5.78 Å². The number of ether oxygens (including phenoxy) is 1. The second-order valence-corrected chi connectivity index (χ2v) is 5.77. The maximum atomic E-state index is 13.0. The molecule has 0 spiro atoms. The van der Waals surface area contributed by atoms with Gasteiger partial charge in [-0.1, -0.05) is 0 Å². The number of Topliss-reactive ketones (excluding diaryl/α,β-unsaturated/α-hetero) is 1. The minimum absolute atomic E-state index is 0.105. The van der Waals surface area contributed by atoms with Crippen LogP contribution in [-0.4, -0.2) is 27.3 Å². The molecule has 0 aliphatic carbocycles. The standard InChI is InChI=1S/C17H16FN5O2S/c1-25-14-8-6-13(7-9-14)20-23-16(19)21-22(17(23)26)10-15(24)11-2-4-12(18)5-3-11/h2-9,20H,10H2,1H3,(H2,19,21). The number of hydrogen-bond acceptors (Lipinski definition) is 6. The molecule has 0 saturated heterocycles. The number of nitrogens with one attached hydrogen (secondary N) is 1. The highest BCUT2D eigenvalue weighted by molar-refractivity contribution is 7.71. The fraction of sp³-hybridized carbons (Fsp3) is 0.118. The van der Waals surface area contributed by atoms with Crippen LogP contribution in [0.4, 0.5) is 16.0 Å². The number of carbonyl (C=O) groups is 1. The van der Waals surface area contributed by atoms with E-state index < -0.39 is 5.82 Å². The number of nitrogen functional groups attached to an aromatic ring is 1. The maximum absolute atomic E-state index is 13.0. The first-order valence-corrected chi connectivity index (χ1v) is 8.04. The summed E-state index contributed by atoms with van der Waals surface area (Å²) in [7, 11) is 1.58. The zero-order chi connectivity index (χ0) is 18.7. The van der Waals surface area contributed by atoms with Gasteiger partial charge in [-0.2, -0.15) is 4.68 Å². The van der Waals surface area contributed by atoms with Crippen LogP contribution in [0.15, 0.2) is 48.5 Å². The SMILES string of the molecule is COc1ccc(Nn2c(N)nn(CC(=O)c3ccc(F)cc3)c2=S)cc1. The number of nitrogens with zero attached hydrogens (tertiary/aromatic N) is 3. The first-order valence-electron chi connectivity index (χ1n) is 7.63. The smallest absolute Gasteiger partial charge is 0.240 e. The van der Waals surface area contributed by atoms with Crippen LogP contribution in [0.3, 0.4) is 0 Å². The molecule has 0 radical (unpaired) electrons. The van der Waals surface area contributed by atoms with Crippen molar-refractivity contribution < 1.29 is 13.9 Å². The highest BCUT2D eigenvalue weighted by atomic mass is 32.1. The van der Waals surface area contributed by atoms with Gasteiger partial charge in [0, 0.05) is 5.56 Å². The number of halogens is 1. The summed E-state index contributed by atoms with van der Waals surface area (Å²) in [5.74, 6) is 0.163. The summed E-state index contributed by atoms with van der Waals surface area (Å²) >= 11 is 5.33. The Morgan fingerprint density at radius 2 is 1.88 bits per heavy atom. The average Bonchev–Trinajstić information content (AvgIpc) is 2.90. The Kier molecular flexibility index (Phi) is 4.99. The van der Waals surface area contributed by atoms with Crippen LogP contribution in [0.25, 0.3) is 0 Å². The summed E-state index contributed by atoms with van der Waals surface area (Å²) < 4.78 is 21.0. The third-order valence-electron chi connectivity index (χ3n) is 3.65. The Labute approximate surface area is 153 Å².